The molecule has 6 nitrogen and oxygen atoms in total. The summed E-state index contributed by atoms with van der Waals surface area (Å²) in [6.07, 6.45) is 3.99. The number of halogens is 1. The average molecular weight is 354 g/mol. The van der Waals surface area contributed by atoms with Gasteiger partial charge in [0.1, 0.15) is 11.6 Å². The fraction of sp³-hybridized carbons (Fsp3) is 0.278. The Morgan fingerprint density at radius 2 is 2.16 bits per heavy atom. The molecule has 1 aliphatic rings. The summed E-state index contributed by atoms with van der Waals surface area (Å²) in [5.41, 5.74) is 1.64. The van der Waals surface area contributed by atoms with E-state index in [9.17, 15) is 0 Å². The Morgan fingerprint density at radius 1 is 1.28 bits per heavy atom. The van der Waals surface area contributed by atoms with Crippen LogP contribution in [0.15, 0.2) is 41.0 Å². The zero-order chi connectivity index (χ0) is 17.0. The molecule has 1 fully saturated rings. The van der Waals surface area contributed by atoms with Crippen LogP contribution < -0.4 is 4.90 Å². The molecule has 3 aromatic heterocycles. The number of hydrogen-bond donors (Lipinski definition) is 0. The van der Waals surface area contributed by atoms with Crippen LogP contribution in [0.25, 0.3) is 16.6 Å². The Kier molecular flexibility index (Phi) is 3.21. The van der Waals surface area contributed by atoms with Crippen LogP contribution in [0.4, 0.5) is 5.95 Å². The Labute approximate surface area is 149 Å². The van der Waals surface area contributed by atoms with Gasteiger partial charge in [-0.3, -0.25) is 0 Å². The van der Waals surface area contributed by atoms with E-state index in [1.807, 2.05) is 37.4 Å². The number of nitrogens with zero attached hydrogens (tertiary/aromatic N) is 5. The summed E-state index contributed by atoms with van der Waals surface area (Å²) >= 11 is 6.17. The second-order valence-corrected chi connectivity index (χ2v) is 6.94. The van der Waals surface area contributed by atoms with Crippen LogP contribution in [-0.2, 0) is 6.54 Å². The molecule has 0 aliphatic heterocycles. The van der Waals surface area contributed by atoms with Gasteiger partial charge in [0.25, 0.3) is 0 Å². The highest BCUT2D eigenvalue weighted by molar-refractivity contribution is 6.31. The van der Waals surface area contributed by atoms with Crippen LogP contribution >= 0.6 is 11.6 Å². The predicted molar refractivity (Wildman–Crippen MR) is 96.1 cm³/mol. The lowest BCUT2D eigenvalue weighted by Gasteiger charge is -2.19. The first kappa shape index (κ1) is 14.7. The Balaban J connectivity index is 1.74. The topological polar surface area (TPSA) is 59.5 Å². The summed E-state index contributed by atoms with van der Waals surface area (Å²) in [7, 11) is 2.00. The van der Waals surface area contributed by atoms with E-state index in [-0.39, 0.29) is 0 Å². The summed E-state index contributed by atoms with van der Waals surface area (Å²) in [5.74, 6) is 3.13. The first-order chi connectivity index (χ1) is 12.2. The smallest absolute Gasteiger partial charge is 0.213 e. The minimum absolute atomic E-state index is 0.470. The van der Waals surface area contributed by atoms with Crippen LogP contribution in [-0.4, -0.2) is 26.6 Å². The van der Waals surface area contributed by atoms with E-state index in [4.69, 9.17) is 21.0 Å². The molecule has 1 aromatic carbocycles. The minimum atomic E-state index is 0.470. The van der Waals surface area contributed by atoms with Gasteiger partial charge in [-0.05, 0) is 43.2 Å². The zero-order valence-corrected chi connectivity index (χ0v) is 14.4. The van der Waals surface area contributed by atoms with Crippen molar-refractivity contribution in [2.45, 2.75) is 25.3 Å². The van der Waals surface area contributed by atoms with Crippen molar-refractivity contribution in [1.82, 2.24) is 19.6 Å². The van der Waals surface area contributed by atoms with Gasteiger partial charge in [-0.2, -0.15) is 0 Å². The van der Waals surface area contributed by atoms with Crippen LogP contribution in [0.5, 0.6) is 0 Å². The van der Waals surface area contributed by atoms with Crippen molar-refractivity contribution in [2.24, 2.45) is 0 Å². The molecule has 0 spiro atoms. The van der Waals surface area contributed by atoms with E-state index in [2.05, 4.69) is 19.5 Å². The summed E-state index contributed by atoms with van der Waals surface area (Å²) in [6, 6.07) is 9.54. The van der Waals surface area contributed by atoms with Crippen LogP contribution in [0.2, 0.25) is 5.02 Å². The lowest BCUT2D eigenvalue weighted by Crippen LogP contribution is -2.21. The van der Waals surface area contributed by atoms with E-state index in [1.54, 1.807) is 6.26 Å². The van der Waals surface area contributed by atoms with Crippen LogP contribution in [0.3, 0.4) is 0 Å². The molecule has 126 valence electrons. The van der Waals surface area contributed by atoms with Gasteiger partial charge in [0.05, 0.1) is 18.3 Å². The predicted octanol–water partition coefficient (Wildman–Crippen LogP) is 4.04. The fourth-order valence-electron chi connectivity index (χ4n) is 3.18. The third-order valence-corrected chi connectivity index (χ3v) is 4.80. The van der Waals surface area contributed by atoms with Crippen molar-refractivity contribution >= 4 is 34.1 Å². The molecule has 3 heterocycles. The van der Waals surface area contributed by atoms with E-state index in [0.717, 1.165) is 46.9 Å². The van der Waals surface area contributed by atoms with Crippen molar-refractivity contribution in [3.05, 3.63) is 53.2 Å². The van der Waals surface area contributed by atoms with Gasteiger partial charge in [-0.25, -0.2) is 9.38 Å². The quantitative estimate of drug-likeness (QED) is 0.554. The molecule has 0 atom stereocenters. The highest BCUT2D eigenvalue weighted by atomic mass is 35.5. The Hall–Kier alpha value is -2.60. The molecule has 5 rings (SSSR count). The number of aromatic nitrogens is 4. The first-order valence-corrected chi connectivity index (χ1v) is 8.66. The number of furan rings is 1. The van der Waals surface area contributed by atoms with E-state index in [0.29, 0.717) is 17.5 Å². The Bertz CT molecular complexity index is 1070. The van der Waals surface area contributed by atoms with Gasteiger partial charge in [-0.1, -0.05) is 11.6 Å². The highest BCUT2D eigenvalue weighted by Gasteiger charge is 2.31. The van der Waals surface area contributed by atoms with E-state index in [1.165, 1.54) is 0 Å². The first-order valence-electron chi connectivity index (χ1n) is 8.28. The van der Waals surface area contributed by atoms with E-state index < -0.39 is 0 Å². The third-order valence-electron chi connectivity index (χ3n) is 4.57. The maximum absolute atomic E-state index is 6.17. The normalized spacial score (nSPS) is 14.5. The molecule has 7 heteroatoms. The third kappa shape index (κ3) is 2.44. The molecule has 0 bridgehead atoms. The van der Waals surface area contributed by atoms with Crippen molar-refractivity contribution < 1.29 is 4.42 Å². The number of benzene rings is 1. The maximum atomic E-state index is 6.17. The second-order valence-electron chi connectivity index (χ2n) is 6.50. The van der Waals surface area contributed by atoms with Crippen LogP contribution in [0.1, 0.15) is 30.3 Å². The molecule has 25 heavy (non-hydrogen) atoms. The summed E-state index contributed by atoms with van der Waals surface area (Å²) < 4.78 is 7.56. The molecule has 0 saturated heterocycles. The van der Waals surface area contributed by atoms with Crippen molar-refractivity contribution in [1.29, 1.82) is 0 Å². The zero-order valence-electron chi connectivity index (χ0n) is 13.7. The van der Waals surface area contributed by atoms with Gasteiger partial charge in [0, 0.05) is 23.4 Å². The molecule has 0 amide bonds. The molecule has 0 radical (unpaired) electrons. The molecule has 1 saturated carbocycles. The largest absolute Gasteiger partial charge is 0.467 e. The molecular weight excluding hydrogens is 338 g/mol. The number of fused-ring (bicyclic) bond motifs is 3. The summed E-state index contributed by atoms with van der Waals surface area (Å²) in [5, 5.41) is 10.5. The number of hydrogen-bond acceptors (Lipinski definition) is 5. The molecule has 1 aliphatic carbocycles. The van der Waals surface area contributed by atoms with Crippen molar-refractivity contribution in [2.75, 3.05) is 11.9 Å². The monoisotopic (exact) mass is 353 g/mol. The lowest BCUT2D eigenvalue weighted by atomic mass is 10.2. The van der Waals surface area contributed by atoms with Gasteiger partial charge < -0.3 is 9.32 Å². The maximum Gasteiger partial charge on any atom is 0.213 e. The average Bonchev–Trinajstić information content (AvgIpc) is 3.14. The van der Waals surface area contributed by atoms with Crippen LogP contribution in [0, 0.1) is 0 Å². The number of rotatable bonds is 4. The van der Waals surface area contributed by atoms with Gasteiger partial charge in [0.15, 0.2) is 5.65 Å². The summed E-state index contributed by atoms with van der Waals surface area (Å²) in [4.78, 5) is 6.93. The van der Waals surface area contributed by atoms with Gasteiger partial charge >= 0.3 is 0 Å². The Morgan fingerprint density at radius 3 is 2.92 bits per heavy atom. The molecule has 0 N–H and O–H groups in total. The minimum Gasteiger partial charge on any atom is -0.467 e. The van der Waals surface area contributed by atoms with Crippen molar-refractivity contribution in [3.8, 4) is 0 Å². The number of anilines is 1. The summed E-state index contributed by atoms with van der Waals surface area (Å²) in [6.45, 7) is 0.615. The fourth-order valence-corrected chi connectivity index (χ4v) is 3.35. The highest BCUT2D eigenvalue weighted by Crippen LogP contribution is 2.40. The standard InChI is InChI=1S/C18H16ClN5O/c1-23(10-13-3-2-8-25-13)18-20-15-9-12(19)6-7-14(15)17-22-21-16(24(17)18)11-4-5-11/h2-3,6-9,11H,4-5,10H2,1H3. The van der Waals surface area contributed by atoms with Gasteiger partial charge in [-0.15, -0.1) is 10.2 Å². The van der Waals surface area contributed by atoms with E-state index >= 15 is 0 Å². The van der Waals surface area contributed by atoms with Crippen molar-refractivity contribution in [3.63, 3.8) is 0 Å². The second kappa shape index (κ2) is 5.46. The van der Waals surface area contributed by atoms with Gasteiger partial charge in [0.2, 0.25) is 5.95 Å². The molecule has 4 aromatic rings. The molecular formula is C18H16ClN5O. The molecule has 0 unspecified atom stereocenters. The SMILES string of the molecule is CN(Cc1ccco1)c1nc2cc(Cl)ccc2c2nnc(C3CC3)n12. The lowest BCUT2D eigenvalue weighted by molar-refractivity contribution is 0.505.